The lowest BCUT2D eigenvalue weighted by molar-refractivity contribution is 0.577. The van der Waals surface area contributed by atoms with Crippen LogP contribution in [0.15, 0.2) is 29.2 Å². The van der Waals surface area contributed by atoms with Gasteiger partial charge in [0.1, 0.15) is 0 Å². The molecule has 3 nitrogen and oxygen atoms in total. The molecule has 2 rings (SSSR count). The van der Waals surface area contributed by atoms with Crippen LogP contribution >= 0.6 is 0 Å². The summed E-state index contributed by atoms with van der Waals surface area (Å²) in [6.45, 7) is 3.86. The molecule has 1 fully saturated rings. The van der Waals surface area contributed by atoms with Crippen molar-refractivity contribution in [3.8, 4) is 0 Å². The van der Waals surface area contributed by atoms with Gasteiger partial charge in [-0.25, -0.2) is 13.1 Å². The van der Waals surface area contributed by atoms with E-state index in [0.717, 1.165) is 12.0 Å². The molecule has 82 valence electrons. The van der Waals surface area contributed by atoms with E-state index in [4.69, 9.17) is 0 Å². The molecule has 0 bridgehead atoms. The summed E-state index contributed by atoms with van der Waals surface area (Å²) in [6.07, 6.45) is 0.950. The Morgan fingerprint density at radius 1 is 1.33 bits per heavy atom. The molecule has 1 aromatic carbocycles. The molecule has 0 amide bonds. The summed E-state index contributed by atoms with van der Waals surface area (Å²) in [4.78, 5) is 0.393. The summed E-state index contributed by atoms with van der Waals surface area (Å²) in [5.41, 5.74) is 0.790. The molecule has 1 aliphatic rings. The van der Waals surface area contributed by atoms with Crippen molar-refractivity contribution >= 4 is 10.0 Å². The minimum atomic E-state index is -3.31. The third kappa shape index (κ3) is 2.21. The third-order valence-corrected chi connectivity index (χ3v) is 4.45. The zero-order valence-corrected chi connectivity index (χ0v) is 9.71. The van der Waals surface area contributed by atoms with Crippen LogP contribution in [0.4, 0.5) is 0 Å². The van der Waals surface area contributed by atoms with Crippen LogP contribution in [-0.4, -0.2) is 14.5 Å². The highest BCUT2D eigenvalue weighted by molar-refractivity contribution is 7.89. The molecule has 2 atom stereocenters. The van der Waals surface area contributed by atoms with E-state index >= 15 is 0 Å². The second-order valence-electron chi connectivity index (χ2n) is 4.21. The van der Waals surface area contributed by atoms with Crippen LogP contribution in [0.2, 0.25) is 0 Å². The van der Waals surface area contributed by atoms with Crippen LogP contribution in [0.1, 0.15) is 18.9 Å². The summed E-state index contributed by atoms with van der Waals surface area (Å²) >= 11 is 0. The highest BCUT2D eigenvalue weighted by Gasteiger charge is 2.36. The maximum Gasteiger partial charge on any atom is 0.241 e. The average Bonchev–Trinajstić information content (AvgIpc) is 2.81. The highest BCUT2D eigenvalue weighted by Crippen LogP contribution is 2.31. The Morgan fingerprint density at radius 2 is 1.93 bits per heavy atom. The van der Waals surface area contributed by atoms with E-state index in [1.54, 1.807) is 12.1 Å². The van der Waals surface area contributed by atoms with E-state index in [-0.39, 0.29) is 6.04 Å². The summed E-state index contributed by atoms with van der Waals surface area (Å²) in [7, 11) is -3.31. The number of hydrogen-bond donors (Lipinski definition) is 1. The Balaban J connectivity index is 2.26. The van der Waals surface area contributed by atoms with Crippen LogP contribution < -0.4 is 4.72 Å². The van der Waals surface area contributed by atoms with Crippen LogP contribution in [-0.2, 0) is 10.0 Å². The molecule has 2 unspecified atom stereocenters. The normalized spacial score (nSPS) is 25.2. The Hall–Kier alpha value is -0.870. The fourth-order valence-corrected chi connectivity index (χ4v) is 3.21. The predicted molar refractivity (Wildman–Crippen MR) is 59.1 cm³/mol. The molecule has 0 aromatic heterocycles. The Bertz CT molecular complexity index is 467. The molecule has 0 heterocycles. The first-order chi connectivity index (χ1) is 7.00. The minimum absolute atomic E-state index is 0.134. The molecule has 1 saturated carbocycles. The van der Waals surface area contributed by atoms with E-state index in [0.29, 0.717) is 10.8 Å². The summed E-state index contributed by atoms with van der Waals surface area (Å²) < 4.78 is 26.6. The monoisotopic (exact) mass is 225 g/mol. The molecule has 0 aliphatic heterocycles. The number of rotatable bonds is 3. The van der Waals surface area contributed by atoms with Crippen molar-refractivity contribution in [2.75, 3.05) is 0 Å². The number of hydrogen-bond acceptors (Lipinski definition) is 2. The smallest absolute Gasteiger partial charge is 0.208 e. The fourth-order valence-electron chi connectivity index (χ4n) is 1.61. The van der Waals surface area contributed by atoms with Crippen LogP contribution in [0, 0.1) is 12.8 Å². The molecule has 1 N–H and O–H groups in total. The minimum Gasteiger partial charge on any atom is -0.208 e. The zero-order chi connectivity index (χ0) is 11.1. The lowest BCUT2D eigenvalue weighted by Gasteiger charge is -2.08. The number of nitrogens with one attached hydrogen (secondary N) is 1. The molecule has 0 spiro atoms. The van der Waals surface area contributed by atoms with Crippen molar-refractivity contribution in [1.29, 1.82) is 0 Å². The van der Waals surface area contributed by atoms with Crippen molar-refractivity contribution in [1.82, 2.24) is 4.72 Å². The van der Waals surface area contributed by atoms with Gasteiger partial charge in [0.05, 0.1) is 4.90 Å². The van der Waals surface area contributed by atoms with Gasteiger partial charge in [-0.15, -0.1) is 0 Å². The Labute approximate surface area is 90.6 Å². The second kappa shape index (κ2) is 3.61. The molecule has 1 aromatic rings. The molecule has 0 saturated heterocycles. The molecule has 0 radical (unpaired) electrons. The lowest BCUT2D eigenvalue weighted by Crippen LogP contribution is -2.27. The zero-order valence-electron chi connectivity index (χ0n) is 8.90. The Morgan fingerprint density at radius 3 is 2.47 bits per heavy atom. The van der Waals surface area contributed by atoms with Gasteiger partial charge in [0.15, 0.2) is 0 Å². The topological polar surface area (TPSA) is 46.2 Å². The largest absolute Gasteiger partial charge is 0.241 e. The average molecular weight is 225 g/mol. The second-order valence-corrected chi connectivity index (χ2v) is 5.89. The van der Waals surface area contributed by atoms with E-state index in [1.165, 1.54) is 0 Å². The first kappa shape index (κ1) is 10.6. The van der Waals surface area contributed by atoms with Gasteiger partial charge in [-0.05, 0) is 30.9 Å². The summed E-state index contributed by atoms with van der Waals surface area (Å²) in [5, 5.41) is 0. The standard InChI is InChI=1S/C11H15NO2S/c1-8-5-3-4-6-11(8)15(13,14)12-10-7-9(10)2/h3-6,9-10,12H,7H2,1-2H3. The highest BCUT2D eigenvalue weighted by atomic mass is 32.2. The first-order valence-electron chi connectivity index (χ1n) is 5.08. The van der Waals surface area contributed by atoms with Crippen molar-refractivity contribution in [3.05, 3.63) is 29.8 Å². The van der Waals surface area contributed by atoms with E-state index in [2.05, 4.69) is 4.72 Å². The van der Waals surface area contributed by atoms with Gasteiger partial charge in [-0.2, -0.15) is 0 Å². The van der Waals surface area contributed by atoms with E-state index in [9.17, 15) is 8.42 Å². The van der Waals surface area contributed by atoms with Crippen molar-refractivity contribution in [3.63, 3.8) is 0 Å². The predicted octanol–water partition coefficient (Wildman–Crippen LogP) is 1.68. The number of benzene rings is 1. The maximum atomic E-state index is 11.9. The Kier molecular flexibility index (Phi) is 2.56. The molecule has 1 aliphatic carbocycles. The van der Waals surface area contributed by atoms with Gasteiger partial charge in [-0.1, -0.05) is 25.1 Å². The SMILES string of the molecule is Cc1ccccc1S(=O)(=O)NC1CC1C. The summed E-state index contributed by atoms with van der Waals surface area (Å²) in [5.74, 6) is 0.476. The third-order valence-electron chi connectivity index (χ3n) is 2.80. The summed E-state index contributed by atoms with van der Waals surface area (Å²) in [6, 6.07) is 7.18. The molecular formula is C11H15NO2S. The maximum absolute atomic E-state index is 11.9. The van der Waals surface area contributed by atoms with E-state index < -0.39 is 10.0 Å². The van der Waals surface area contributed by atoms with Crippen molar-refractivity contribution < 1.29 is 8.42 Å². The number of sulfonamides is 1. The van der Waals surface area contributed by atoms with Crippen LogP contribution in [0.25, 0.3) is 0 Å². The van der Waals surface area contributed by atoms with Crippen LogP contribution in [0.3, 0.4) is 0 Å². The fraction of sp³-hybridized carbons (Fsp3) is 0.455. The van der Waals surface area contributed by atoms with Gasteiger partial charge in [0.25, 0.3) is 0 Å². The van der Waals surface area contributed by atoms with Crippen molar-refractivity contribution in [2.45, 2.75) is 31.2 Å². The van der Waals surface area contributed by atoms with E-state index in [1.807, 2.05) is 26.0 Å². The lowest BCUT2D eigenvalue weighted by atomic mass is 10.2. The first-order valence-corrected chi connectivity index (χ1v) is 6.57. The van der Waals surface area contributed by atoms with Gasteiger partial charge in [-0.3, -0.25) is 0 Å². The van der Waals surface area contributed by atoms with Gasteiger partial charge >= 0.3 is 0 Å². The molecule has 4 heteroatoms. The van der Waals surface area contributed by atoms with Crippen molar-refractivity contribution in [2.24, 2.45) is 5.92 Å². The van der Waals surface area contributed by atoms with Gasteiger partial charge in [0, 0.05) is 6.04 Å². The quantitative estimate of drug-likeness (QED) is 0.850. The van der Waals surface area contributed by atoms with Gasteiger partial charge in [0.2, 0.25) is 10.0 Å². The van der Waals surface area contributed by atoms with Gasteiger partial charge < -0.3 is 0 Å². The molecule has 15 heavy (non-hydrogen) atoms. The molecular weight excluding hydrogens is 210 g/mol. The van der Waals surface area contributed by atoms with Crippen LogP contribution in [0.5, 0.6) is 0 Å². The number of aryl methyl sites for hydroxylation is 1.